The summed E-state index contributed by atoms with van der Waals surface area (Å²) in [4.78, 5) is 3.53. The van der Waals surface area contributed by atoms with Crippen LogP contribution in [-0.2, 0) is 6.54 Å². The van der Waals surface area contributed by atoms with Crippen LogP contribution in [0.25, 0.3) is 0 Å². The SMILES string of the molecule is Cc1ccc(C)c(NC(=S)N2CCC[NH+](Cc3ccccc3F)C2)c1. The van der Waals surface area contributed by atoms with Gasteiger partial charge in [-0.05, 0) is 49.3 Å². The number of hydrogen-bond acceptors (Lipinski definition) is 1. The average molecular weight is 359 g/mol. The largest absolute Gasteiger partial charge is 0.332 e. The van der Waals surface area contributed by atoms with Crippen molar-refractivity contribution in [3.8, 4) is 0 Å². The molecule has 1 heterocycles. The second-order valence-corrected chi connectivity index (χ2v) is 7.18. The topological polar surface area (TPSA) is 19.7 Å². The first-order valence-electron chi connectivity index (χ1n) is 8.73. The van der Waals surface area contributed by atoms with Crippen LogP contribution in [0.1, 0.15) is 23.1 Å². The van der Waals surface area contributed by atoms with E-state index in [1.54, 1.807) is 6.07 Å². The quantitative estimate of drug-likeness (QED) is 0.823. The molecule has 0 aromatic heterocycles. The van der Waals surface area contributed by atoms with E-state index in [0.717, 1.165) is 42.5 Å². The summed E-state index contributed by atoms with van der Waals surface area (Å²) >= 11 is 5.63. The van der Waals surface area contributed by atoms with E-state index in [9.17, 15) is 4.39 Å². The summed E-state index contributed by atoms with van der Waals surface area (Å²) < 4.78 is 13.9. The molecule has 25 heavy (non-hydrogen) atoms. The van der Waals surface area contributed by atoms with Crippen molar-refractivity contribution in [2.45, 2.75) is 26.8 Å². The van der Waals surface area contributed by atoms with Gasteiger partial charge in [-0.2, -0.15) is 0 Å². The summed E-state index contributed by atoms with van der Waals surface area (Å²) in [7, 11) is 0. The summed E-state index contributed by atoms with van der Waals surface area (Å²) in [6.07, 6.45) is 1.05. The standard InChI is InChI=1S/C20H24FN3S/c1-15-8-9-16(2)19(12-15)22-20(25)24-11-5-10-23(14-24)13-17-6-3-4-7-18(17)21/h3-4,6-9,12H,5,10-11,13-14H2,1-2H3,(H,22,25)/p+1. The van der Waals surface area contributed by atoms with E-state index in [1.807, 2.05) is 12.1 Å². The number of halogens is 1. The summed E-state index contributed by atoms with van der Waals surface area (Å²) in [6.45, 7) is 7.62. The lowest BCUT2D eigenvalue weighted by molar-refractivity contribution is -0.927. The maximum absolute atomic E-state index is 13.9. The molecule has 0 amide bonds. The van der Waals surface area contributed by atoms with Gasteiger partial charge in [-0.15, -0.1) is 0 Å². The third-order valence-corrected chi connectivity index (χ3v) is 5.05. The molecule has 1 unspecified atom stereocenters. The molecule has 0 radical (unpaired) electrons. The maximum atomic E-state index is 13.9. The van der Waals surface area contributed by atoms with Crippen molar-refractivity contribution in [1.29, 1.82) is 0 Å². The van der Waals surface area contributed by atoms with Crippen molar-refractivity contribution < 1.29 is 9.29 Å². The normalized spacial score (nSPS) is 17.4. The molecule has 1 fully saturated rings. The molecule has 0 bridgehead atoms. The Hall–Kier alpha value is -1.98. The molecule has 2 aromatic rings. The first-order chi connectivity index (χ1) is 12.0. The number of anilines is 1. The molecule has 0 spiro atoms. The number of nitrogens with one attached hydrogen (secondary N) is 2. The van der Waals surface area contributed by atoms with Gasteiger partial charge in [-0.1, -0.05) is 30.3 Å². The van der Waals surface area contributed by atoms with E-state index in [1.165, 1.54) is 22.1 Å². The van der Waals surface area contributed by atoms with Crippen LogP contribution in [0.5, 0.6) is 0 Å². The van der Waals surface area contributed by atoms with E-state index in [2.05, 4.69) is 42.3 Å². The van der Waals surface area contributed by atoms with Gasteiger partial charge < -0.3 is 15.1 Å². The lowest BCUT2D eigenvalue weighted by Gasteiger charge is -2.34. The molecular weight excluding hydrogens is 333 g/mol. The van der Waals surface area contributed by atoms with Gasteiger partial charge in [0.2, 0.25) is 0 Å². The van der Waals surface area contributed by atoms with Gasteiger partial charge in [0.15, 0.2) is 11.8 Å². The van der Waals surface area contributed by atoms with Crippen LogP contribution in [-0.4, -0.2) is 29.8 Å². The monoisotopic (exact) mass is 358 g/mol. The molecule has 132 valence electrons. The fraction of sp³-hybridized carbons (Fsp3) is 0.350. The Bertz CT molecular complexity index is 762. The van der Waals surface area contributed by atoms with Gasteiger partial charge in [0.25, 0.3) is 0 Å². The van der Waals surface area contributed by atoms with E-state index in [0.29, 0.717) is 6.54 Å². The van der Waals surface area contributed by atoms with E-state index >= 15 is 0 Å². The van der Waals surface area contributed by atoms with Crippen molar-refractivity contribution in [2.75, 3.05) is 25.1 Å². The molecule has 1 aliphatic heterocycles. The number of thiocarbonyl (C=S) groups is 1. The molecule has 3 rings (SSSR count). The summed E-state index contributed by atoms with van der Waals surface area (Å²) in [5.74, 6) is -0.122. The third-order valence-electron chi connectivity index (χ3n) is 4.69. The van der Waals surface area contributed by atoms with Gasteiger partial charge in [0.1, 0.15) is 12.4 Å². The Kier molecular flexibility index (Phi) is 5.66. The first kappa shape index (κ1) is 17.8. The predicted octanol–water partition coefficient (Wildman–Crippen LogP) is 2.89. The molecule has 0 saturated carbocycles. The highest BCUT2D eigenvalue weighted by atomic mass is 32.1. The van der Waals surface area contributed by atoms with Crippen molar-refractivity contribution in [3.05, 3.63) is 65.0 Å². The van der Waals surface area contributed by atoms with E-state index in [-0.39, 0.29) is 5.82 Å². The average Bonchev–Trinajstić information content (AvgIpc) is 2.60. The van der Waals surface area contributed by atoms with Crippen molar-refractivity contribution >= 4 is 23.0 Å². The fourth-order valence-corrected chi connectivity index (χ4v) is 3.51. The van der Waals surface area contributed by atoms with Crippen molar-refractivity contribution in [1.82, 2.24) is 4.90 Å². The lowest BCUT2D eigenvalue weighted by Crippen LogP contribution is -3.13. The molecule has 3 nitrogen and oxygen atoms in total. The molecule has 5 heteroatoms. The minimum Gasteiger partial charge on any atom is -0.332 e. The number of aryl methyl sites for hydroxylation is 2. The molecule has 1 atom stereocenters. The Morgan fingerprint density at radius 3 is 2.84 bits per heavy atom. The predicted molar refractivity (Wildman–Crippen MR) is 104 cm³/mol. The summed E-state index contributed by atoms with van der Waals surface area (Å²) in [5, 5.41) is 4.14. The smallest absolute Gasteiger partial charge is 0.177 e. The number of rotatable bonds is 3. The van der Waals surface area contributed by atoms with Crippen LogP contribution in [0.3, 0.4) is 0 Å². The highest BCUT2D eigenvalue weighted by Crippen LogP contribution is 2.17. The van der Waals surface area contributed by atoms with Crippen LogP contribution in [0.4, 0.5) is 10.1 Å². The summed E-state index contributed by atoms with van der Waals surface area (Å²) in [5.41, 5.74) is 4.22. The van der Waals surface area contributed by atoms with Crippen LogP contribution in [0.15, 0.2) is 42.5 Å². The zero-order chi connectivity index (χ0) is 17.8. The second-order valence-electron chi connectivity index (χ2n) is 6.79. The van der Waals surface area contributed by atoms with Gasteiger partial charge in [-0.3, -0.25) is 0 Å². The highest BCUT2D eigenvalue weighted by Gasteiger charge is 2.23. The van der Waals surface area contributed by atoms with Crippen LogP contribution >= 0.6 is 12.2 Å². The van der Waals surface area contributed by atoms with E-state index < -0.39 is 0 Å². The third kappa shape index (κ3) is 4.55. The summed E-state index contributed by atoms with van der Waals surface area (Å²) in [6, 6.07) is 13.4. The highest BCUT2D eigenvalue weighted by molar-refractivity contribution is 7.80. The van der Waals surface area contributed by atoms with Crippen LogP contribution < -0.4 is 10.2 Å². The fourth-order valence-electron chi connectivity index (χ4n) is 3.24. The minimum absolute atomic E-state index is 0.122. The van der Waals surface area contributed by atoms with Crippen molar-refractivity contribution in [2.24, 2.45) is 0 Å². The molecule has 2 N–H and O–H groups in total. The minimum atomic E-state index is -0.122. The molecule has 1 aliphatic rings. The first-order valence-corrected chi connectivity index (χ1v) is 9.14. The second kappa shape index (κ2) is 7.93. The zero-order valence-corrected chi connectivity index (χ0v) is 15.6. The van der Waals surface area contributed by atoms with Gasteiger partial charge in [-0.25, -0.2) is 4.39 Å². The van der Waals surface area contributed by atoms with Gasteiger partial charge >= 0.3 is 0 Å². The Morgan fingerprint density at radius 2 is 2.04 bits per heavy atom. The maximum Gasteiger partial charge on any atom is 0.177 e. The number of quaternary nitrogens is 1. The zero-order valence-electron chi connectivity index (χ0n) is 14.8. The molecule has 0 aliphatic carbocycles. The van der Waals surface area contributed by atoms with E-state index in [4.69, 9.17) is 12.2 Å². The molecule has 2 aromatic carbocycles. The van der Waals surface area contributed by atoms with Crippen LogP contribution in [0.2, 0.25) is 0 Å². The molecular formula is C20H25FN3S+. The van der Waals surface area contributed by atoms with Gasteiger partial charge in [0.05, 0.1) is 6.54 Å². The number of benzene rings is 2. The number of nitrogens with zero attached hydrogens (tertiary/aromatic N) is 1. The van der Waals surface area contributed by atoms with Crippen LogP contribution in [0, 0.1) is 19.7 Å². The number of hydrogen-bond donors (Lipinski definition) is 2. The molecule has 1 saturated heterocycles. The Balaban J connectivity index is 1.63. The lowest BCUT2D eigenvalue weighted by atomic mass is 10.1. The Morgan fingerprint density at radius 1 is 1.24 bits per heavy atom. The Labute approximate surface area is 154 Å². The van der Waals surface area contributed by atoms with Gasteiger partial charge in [0, 0.05) is 24.2 Å². The van der Waals surface area contributed by atoms with Crippen molar-refractivity contribution in [3.63, 3.8) is 0 Å².